The van der Waals surface area contributed by atoms with Gasteiger partial charge in [0.2, 0.25) is 5.91 Å². The van der Waals surface area contributed by atoms with Crippen LogP contribution in [0.15, 0.2) is 30.3 Å². The van der Waals surface area contributed by atoms with Crippen LogP contribution in [0.25, 0.3) is 0 Å². The molecule has 1 rings (SSSR count). The van der Waals surface area contributed by atoms with Gasteiger partial charge in [-0.1, -0.05) is 30.3 Å². The lowest BCUT2D eigenvalue weighted by Gasteiger charge is -2.13. The van der Waals surface area contributed by atoms with E-state index >= 15 is 0 Å². The summed E-state index contributed by atoms with van der Waals surface area (Å²) in [5.74, 6) is 0.0324. The number of ether oxygens (including phenoxy) is 2. The molecule has 1 aromatic rings. The van der Waals surface area contributed by atoms with Crippen molar-refractivity contribution in [2.75, 3.05) is 20.8 Å². The van der Waals surface area contributed by atoms with Crippen LogP contribution in [0.3, 0.4) is 0 Å². The first kappa shape index (κ1) is 14.7. The summed E-state index contributed by atoms with van der Waals surface area (Å²) in [7, 11) is 3.10. The summed E-state index contributed by atoms with van der Waals surface area (Å²) in [6.45, 7) is 0.386. The highest BCUT2D eigenvalue weighted by atomic mass is 16.7. The Balaban J connectivity index is 2.14. The van der Waals surface area contributed by atoms with Gasteiger partial charge in [0.05, 0.1) is 6.54 Å². The molecule has 0 unspecified atom stereocenters. The summed E-state index contributed by atoms with van der Waals surface area (Å²) in [4.78, 5) is 11.5. The molecule has 1 N–H and O–H groups in total. The van der Waals surface area contributed by atoms with Gasteiger partial charge in [0.25, 0.3) is 0 Å². The Labute approximate surface area is 108 Å². The highest BCUT2D eigenvalue weighted by Crippen LogP contribution is 2.04. The fraction of sp³-hybridized carbons (Fsp3) is 0.500. The molecule has 0 radical (unpaired) electrons. The van der Waals surface area contributed by atoms with E-state index in [-0.39, 0.29) is 12.2 Å². The Bertz CT molecular complexity index is 336. The number of aryl methyl sites for hydroxylation is 1. The van der Waals surface area contributed by atoms with E-state index in [9.17, 15) is 4.79 Å². The molecule has 4 nitrogen and oxygen atoms in total. The zero-order valence-electron chi connectivity index (χ0n) is 11.0. The van der Waals surface area contributed by atoms with E-state index < -0.39 is 0 Å². The molecule has 0 aromatic heterocycles. The third-order valence-corrected chi connectivity index (χ3v) is 2.70. The minimum atomic E-state index is -0.372. The minimum Gasteiger partial charge on any atom is -0.354 e. The second kappa shape index (κ2) is 8.66. The van der Waals surface area contributed by atoms with Crippen LogP contribution < -0.4 is 5.32 Å². The minimum absolute atomic E-state index is 0.0324. The molecule has 4 heteroatoms. The number of amides is 1. The van der Waals surface area contributed by atoms with Gasteiger partial charge in [-0.05, 0) is 18.4 Å². The first-order valence-electron chi connectivity index (χ1n) is 6.12. The fourth-order valence-corrected chi connectivity index (χ4v) is 1.65. The fourth-order valence-electron chi connectivity index (χ4n) is 1.65. The molecule has 0 atom stereocenters. The zero-order valence-corrected chi connectivity index (χ0v) is 11.0. The lowest BCUT2D eigenvalue weighted by atomic mass is 10.1. The van der Waals surface area contributed by atoms with Gasteiger partial charge in [0, 0.05) is 20.6 Å². The summed E-state index contributed by atoms with van der Waals surface area (Å²) in [5, 5.41) is 2.78. The summed E-state index contributed by atoms with van der Waals surface area (Å²) in [6.07, 6.45) is 1.92. The topological polar surface area (TPSA) is 47.6 Å². The molecule has 0 aliphatic heterocycles. The van der Waals surface area contributed by atoms with Crippen LogP contribution >= 0.6 is 0 Å². The van der Waals surface area contributed by atoms with Crippen molar-refractivity contribution in [2.45, 2.75) is 25.6 Å². The predicted octanol–water partition coefficient (Wildman–Crippen LogP) is 1.74. The molecule has 0 aliphatic rings. The van der Waals surface area contributed by atoms with E-state index in [2.05, 4.69) is 17.4 Å². The molecule has 1 aromatic carbocycles. The highest BCUT2D eigenvalue weighted by Gasteiger charge is 2.07. The number of carbonyl (C=O) groups is 1. The number of nitrogens with one attached hydrogen (secondary N) is 1. The molecule has 0 saturated carbocycles. The second-order valence-electron chi connectivity index (χ2n) is 4.04. The summed E-state index contributed by atoms with van der Waals surface area (Å²) >= 11 is 0. The molecule has 0 heterocycles. The Morgan fingerprint density at radius 2 is 1.89 bits per heavy atom. The van der Waals surface area contributed by atoms with Crippen molar-refractivity contribution in [1.82, 2.24) is 5.32 Å². The maximum absolute atomic E-state index is 11.5. The Kier molecular flexibility index (Phi) is 7.06. The Morgan fingerprint density at radius 1 is 1.22 bits per heavy atom. The average Bonchev–Trinajstić information content (AvgIpc) is 2.41. The first-order chi connectivity index (χ1) is 8.76. The number of hydrogen-bond acceptors (Lipinski definition) is 3. The Morgan fingerprint density at radius 3 is 2.50 bits per heavy atom. The standard InChI is InChI=1S/C14H21NO3/c1-17-14(18-2)11-15-13(16)10-6-9-12-7-4-3-5-8-12/h3-5,7-8,14H,6,9-11H2,1-2H3,(H,15,16). The second-order valence-corrected chi connectivity index (χ2v) is 4.04. The maximum atomic E-state index is 11.5. The van der Waals surface area contributed by atoms with Gasteiger partial charge < -0.3 is 14.8 Å². The molecule has 100 valence electrons. The average molecular weight is 251 g/mol. The van der Waals surface area contributed by atoms with Crippen LogP contribution in [0.2, 0.25) is 0 Å². The van der Waals surface area contributed by atoms with E-state index in [1.807, 2.05) is 18.2 Å². The number of rotatable bonds is 8. The largest absolute Gasteiger partial charge is 0.354 e. The van der Waals surface area contributed by atoms with Gasteiger partial charge in [-0.2, -0.15) is 0 Å². The van der Waals surface area contributed by atoms with Crippen LogP contribution in [-0.4, -0.2) is 33.0 Å². The highest BCUT2D eigenvalue weighted by molar-refractivity contribution is 5.75. The van der Waals surface area contributed by atoms with Crippen molar-refractivity contribution in [3.63, 3.8) is 0 Å². The van der Waals surface area contributed by atoms with Crippen LogP contribution in [0.4, 0.5) is 0 Å². The molecule has 0 fully saturated rings. The van der Waals surface area contributed by atoms with Crippen LogP contribution in [0.5, 0.6) is 0 Å². The van der Waals surface area contributed by atoms with E-state index in [0.717, 1.165) is 12.8 Å². The van der Waals surface area contributed by atoms with Gasteiger partial charge in [-0.25, -0.2) is 0 Å². The van der Waals surface area contributed by atoms with E-state index in [0.29, 0.717) is 13.0 Å². The predicted molar refractivity (Wildman–Crippen MR) is 70.2 cm³/mol. The zero-order chi connectivity index (χ0) is 13.2. The summed E-state index contributed by atoms with van der Waals surface area (Å²) in [6, 6.07) is 10.2. The van der Waals surface area contributed by atoms with Crippen LogP contribution in [0, 0.1) is 0 Å². The van der Waals surface area contributed by atoms with Gasteiger partial charge >= 0.3 is 0 Å². The van der Waals surface area contributed by atoms with Crippen LogP contribution in [0.1, 0.15) is 18.4 Å². The third kappa shape index (κ3) is 5.80. The molecule has 1 amide bonds. The van der Waals surface area contributed by atoms with Crippen molar-refractivity contribution >= 4 is 5.91 Å². The molecule has 0 bridgehead atoms. The molecule has 18 heavy (non-hydrogen) atoms. The summed E-state index contributed by atoms with van der Waals surface area (Å²) in [5.41, 5.74) is 1.26. The maximum Gasteiger partial charge on any atom is 0.220 e. The lowest BCUT2D eigenvalue weighted by Crippen LogP contribution is -2.34. The summed E-state index contributed by atoms with van der Waals surface area (Å²) < 4.78 is 9.97. The van der Waals surface area contributed by atoms with Crippen molar-refractivity contribution < 1.29 is 14.3 Å². The molecular formula is C14H21NO3. The van der Waals surface area contributed by atoms with Crippen molar-refractivity contribution in [1.29, 1.82) is 0 Å². The lowest BCUT2D eigenvalue weighted by molar-refractivity contribution is -0.127. The number of hydrogen-bond donors (Lipinski definition) is 1. The van der Waals surface area contributed by atoms with E-state index in [4.69, 9.17) is 9.47 Å². The van der Waals surface area contributed by atoms with E-state index in [1.165, 1.54) is 5.56 Å². The van der Waals surface area contributed by atoms with Gasteiger partial charge in [-0.3, -0.25) is 4.79 Å². The number of methoxy groups -OCH3 is 2. The van der Waals surface area contributed by atoms with Crippen molar-refractivity contribution in [3.05, 3.63) is 35.9 Å². The van der Waals surface area contributed by atoms with Gasteiger partial charge in [-0.15, -0.1) is 0 Å². The third-order valence-electron chi connectivity index (χ3n) is 2.70. The number of benzene rings is 1. The SMILES string of the molecule is COC(CNC(=O)CCCc1ccccc1)OC. The molecule has 0 aliphatic carbocycles. The Hall–Kier alpha value is -1.39. The first-order valence-corrected chi connectivity index (χ1v) is 6.12. The molecular weight excluding hydrogens is 230 g/mol. The smallest absolute Gasteiger partial charge is 0.220 e. The van der Waals surface area contributed by atoms with E-state index in [1.54, 1.807) is 14.2 Å². The normalized spacial score (nSPS) is 10.6. The van der Waals surface area contributed by atoms with Gasteiger partial charge in [0.1, 0.15) is 0 Å². The van der Waals surface area contributed by atoms with Crippen molar-refractivity contribution in [2.24, 2.45) is 0 Å². The molecule has 0 saturated heterocycles. The number of carbonyl (C=O) groups excluding carboxylic acids is 1. The van der Waals surface area contributed by atoms with Crippen molar-refractivity contribution in [3.8, 4) is 0 Å². The monoisotopic (exact) mass is 251 g/mol. The van der Waals surface area contributed by atoms with Crippen LogP contribution in [-0.2, 0) is 20.7 Å². The molecule has 0 spiro atoms. The quantitative estimate of drug-likeness (QED) is 0.716. The van der Waals surface area contributed by atoms with Gasteiger partial charge in [0.15, 0.2) is 6.29 Å².